The number of aromatic nitrogens is 2. The number of hydrogen-bond donors (Lipinski definition) is 0. The maximum absolute atomic E-state index is 14.3. The fourth-order valence-corrected chi connectivity index (χ4v) is 4.06. The van der Waals surface area contributed by atoms with Crippen LogP contribution in [0.15, 0.2) is 30.6 Å². The SMILES string of the molecule is CCCCCCCCCCCCCCc1cnc(-c2ccc(OCCC(F)CC)c(F)c2)nc1. The number of aryl methyl sites for hydroxylation is 1. The van der Waals surface area contributed by atoms with Crippen LogP contribution in [0, 0.1) is 5.82 Å². The minimum Gasteiger partial charge on any atom is -0.490 e. The second-order valence-electron chi connectivity index (χ2n) is 9.34. The van der Waals surface area contributed by atoms with E-state index in [1.165, 1.54) is 76.7 Å². The fraction of sp³-hybridized carbons (Fsp3) is 0.655. The largest absolute Gasteiger partial charge is 0.490 e. The Morgan fingerprint density at radius 2 is 1.41 bits per heavy atom. The van der Waals surface area contributed by atoms with Crippen LogP contribution in [0.3, 0.4) is 0 Å². The monoisotopic (exact) mass is 474 g/mol. The Labute approximate surface area is 205 Å². The van der Waals surface area contributed by atoms with E-state index in [0.717, 1.165) is 18.4 Å². The number of benzene rings is 1. The van der Waals surface area contributed by atoms with Crippen molar-refractivity contribution in [2.24, 2.45) is 0 Å². The molecule has 0 aliphatic heterocycles. The minimum absolute atomic E-state index is 0.135. The summed E-state index contributed by atoms with van der Waals surface area (Å²) in [4.78, 5) is 8.85. The Hall–Kier alpha value is -2.04. The van der Waals surface area contributed by atoms with Gasteiger partial charge in [0.25, 0.3) is 0 Å². The number of alkyl halides is 1. The molecule has 3 nitrogen and oxygen atoms in total. The summed E-state index contributed by atoms with van der Waals surface area (Å²) < 4.78 is 33.0. The van der Waals surface area contributed by atoms with Crippen LogP contribution in [-0.2, 0) is 6.42 Å². The molecule has 0 amide bonds. The molecule has 1 aromatic carbocycles. The van der Waals surface area contributed by atoms with Crippen LogP contribution in [0.25, 0.3) is 11.4 Å². The molecule has 0 aliphatic rings. The van der Waals surface area contributed by atoms with Crippen molar-refractivity contribution in [3.05, 3.63) is 42.0 Å². The maximum Gasteiger partial charge on any atom is 0.165 e. The molecule has 1 atom stereocenters. The Kier molecular flexibility index (Phi) is 14.4. The number of rotatable bonds is 19. The Bertz CT molecular complexity index is 782. The van der Waals surface area contributed by atoms with Gasteiger partial charge in [0, 0.05) is 24.4 Å². The molecule has 34 heavy (non-hydrogen) atoms. The average molecular weight is 475 g/mol. The first-order valence-electron chi connectivity index (χ1n) is 13.5. The van der Waals surface area contributed by atoms with E-state index in [1.54, 1.807) is 19.1 Å². The van der Waals surface area contributed by atoms with Crippen LogP contribution in [0.1, 0.15) is 109 Å². The van der Waals surface area contributed by atoms with Gasteiger partial charge in [0.1, 0.15) is 6.17 Å². The zero-order valence-electron chi connectivity index (χ0n) is 21.3. The Balaban J connectivity index is 1.62. The summed E-state index contributed by atoms with van der Waals surface area (Å²) in [6, 6.07) is 4.68. The lowest BCUT2D eigenvalue weighted by molar-refractivity contribution is 0.225. The van der Waals surface area contributed by atoms with Gasteiger partial charge in [-0.05, 0) is 43.0 Å². The summed E-state index contributed by atoms with van der Waals surface area (Å²) >= 11 is 0. The smallest absolute Gasteiger partial charge is 0.165 e. The van der Waals surface area contributed by atoms with Crippen molar-refractivity contribution in [1.82, 2.24) is 9.97 Å². The maximum atomic E-state index is 14.3. The fourth-order valence-electron chi connectivity index (χ4n) is 4.06. The highest BCUT2D eigenvalue weighted by molar-refractivity contribution is 5.56. The summed E-state index contributed by atoms with van der Waals surface area (Å²) in [6.07, 6.45) is 20.5. The molecule has 0 bridgehead atoms. The Morgan fingerprint density at radius 1 is 0.824 bits per heavy atom. The zero-order valence-corrected chi connectivity index (χ0v) is 21.3. The van der Waals surface area contributed by atoms with Crippen LogP contribution >= 0.6 is 0 Å². The van der Waals surface area contributed by atoms with Crippen LogP contribution in [0.5, 0.6) is 5.75 Å². The van der Waals surface area contributed by atoms with Gasteiger partial charge >= 0.3 is 0 Å². The standard InChI is InChI=1S/C29H44F2N2O/c1-3-5-6-7-8-9-10-11-12-13-14-15-16-24-22-32-29(33-23-24)25-17-18-28(27(31)21-25)34-20-19-26(30)4-2/h17-18,21-23,26H,3-16,19-20H2,1-2H3. The highest BCUT2D eigenvalue weighted by Gasteiger charge is 2.10. The lowest BCUT2D eigenvalue weighted by Crippen LogP contribution is -2.07. The molecule has 0 saturated carbocycles. The molecular formula is C29H44F2N2O. The first-order chi connectivity index (χ1) is 16.6. The van der Waals surface area contributed by atoms with Crippen molar-refractivity contribution in [3.8, 4) is 17.1 Å². The highest BCUT2D eigenvalue weighted by atomic mass is 19.1. The molecule has 0 radical (unpaired) electrons. The second kappa shape index (κ2) is 17.4. The molecule has 2 rings (SSSR count). The first kappa shape index (κ1) is 28.2. The lowest BCUT2D eigenvalue weighted by Gasteiger charge is -2.10. The van der Waals surface area contributed by atoms with Gasteiger partial charge in [-0.1, -0.05) is 84.5 Å². The number of hydrogen-bond acceptors (Lipinski definition) is 3. The van der Waals surface area contributed by atoms with E-state index in [2.05, 4.69) is 16.9 Å². The minimum atomic E-state index is -0.913. The van der Waals surface area contributed by atoms with Gasteiger partial charge in [0.05, 0.1) is 6.61 Å². The van der Waals surface area contributed by atoms with Crippen molar-refractivity contribution in [2.45, 2.75) is 116 Å². The third-order valence-electron chi connectivity index (χ3n) is 6.35. The third kappa shape index (κ3) is 11.4. The quantitative estimate of drug-likeness (QED) is 0.190. The summed E-state index contributed by atoms with van der Waals surface area (Å²) in [7, 11) is 0. The molecule has 2 aromatic rings. The third-order valence-corrected chi connectivity index (χ3v) is 6.35. The van der Waals surface area contributed by atoms with Crippen molar-refractivity contribution < 1.29 is 13.5 Å². The molecule has 0 fully saturated rings. The summed E-state index contributed by atoms with van der Waals surface area (Å²) in [6.45, 7) is 4.21. The molecule has 1 heterocycles. The van der Waals surface area contributed by atoms with Crippen LogP contribution in [-0.4, -0.2) is 22.7 Å². The molecular weight excluding hydrogens is 430 g/mol. The second-order valence-corrected chi connectivity index (χ2v) is 9.34. The van der Waals surface area contributed by atoms with Crippen molar-refractivity contribution in [3.63, 3.8) is 0 Å². The predicted octanol–water partition coefficient (Wildman–Crippen LogP) is 9.04. The number of ether oxygens (including phenoxy) is 1. The number of nitrogens with zero attached hydrogens (tertiary/aromatic N) is 2. The predicted molar refractivity (Wildman–Crippen MR) is 138 cm³/mol. The van der Waals surface area contributed by atoms with Crippen molar-refractivity contribution >= 4 is 0 Å². The molecule has 5 heteroatoms. The molecule has 1 unspecified atom stereocenters. The summed E-state index contributed by atoms with van der Waals surface area (Å²) in [5.74, 6) is 0.155. The topological polar surface area (TPSA) is 35.0 Å². The van der Waals surface area contributed by atoms with Crippen molar-refractivity contribution in [2.75, 3.05) is 6.61 Å². The molecule has 0 spiro atoms. The molecule has 0 N–H and O–H groups in total. The van der Waals surface area contributed by atoms with Gasteiger partial charge in [-0.3, -0.25) is 0 Å². The molecule has 190 valence electrons. The van der Waals surface area contributed by atoms with Crippen LogP contribution < -0.4 is 4.74 Å². The van der Waals surface area contributed by atoms with Crippen LogP contribution in [0.2, 0.25) is 0 Å². The lowest BCUT2D eigenvalue weighted by atomic mass is 10.0. The number of unbranched alkanes of at least 4 members (excludes halogenated alkanes) is 11. The van der Waals surface area contributed by atoms with Gasteiger partial charge in [-0.25, -0.2) is 18.7 Å². The zero-order chi connectivity index (χ0) is 24.4. The van der Waals surface area contributed by atoms with E-state index in [1.807, 2.05) is 12.4 Å². The van der Waals surface area contributed by atoms with Gasteiger partial charge in [-0.2, -0.15) is 0 Å². The van der Waals surface area contributed by atoms with Crippen LogP contribution in [0.4, 0.5) is 8.78 Å². The summed E-state index contributed by atoms with van der Waals surface area (Å²) in [5, 5.41) is 0. The Morgan fingerprint density at radius 3 is 1.97 bits per heavy atom. The van der Waals surface area contributed by atoms with E-state index in [4.69, 9.17) is 4.74 Å². The normalized spacial score (nSPS) is 12.1. The van der Waals surface area contributed by atoms with Gasteiger partial charge in [0.2, 0.25) is 0 Å². The van der Waals surface area contributed by atoms with Gasteiger partial charge in [-0.15, -0.1) is 0 Å². The molecule has 1 aromatic heterocycles. The molecule has 0 saturated heterocycles. The van der Waals surface area contributed by atoms with Crippen molar-refractivity contribution in [1.29, 1.82) is 0 Å². The van der Waals surface area contributed by atoms with E-state index in [0.29, 0.717) is 17.8 Å². The van der Waals surface area contributed by atoms with Gasteiger partial charge in [0.15, 0.2) is 17.4 Å². The van der Waals surface area contributed by atoms with E-state index >= 15 is 0 Å². The summed E-state index contributed by atoms with van der Waals surface area (Å²) in [5.41, 5.74) is 1.73. The van der Waals surface area contributed by atoms with E-state index < -0.39 is 12.0 Å². The van der Waals surface area contributed by atoms with E-state index in [9.17, 15) is 8.78 Å². The average Bonchev–Trinajstić information content (AvgIpc) is 2.86. The highest BCUT2D eigenvalue weighted by Crippen LogP contribution is 2.24. The molecule has 0 aliphatic carbocycles. The van der Waals surface area contributed by atoms with Gasteiger partial charge < -0.3 is 4.74 Å². The van der Waals surface area contributed by atoms with E-state index in [-0.39, 0.29) is 18.8 Å². The number of halogens is 2. The first-order valence-corrected chi connectivity index (χ1v) is 13.5.